The summed E-state index contributed by atoms with van der Waals surface area (Å²) in [4.78, 5) is 14.4. The minimum atomic E-state index is 0.0814. The Balaban J connectivity index is 1.65. The molecule has 2 aromatic carbocycles. The van der Waals surface area contributed by atoms with E-state index in [0.29, 0.717) is 12.6 Å². The molecule has 2 aliphatic rings. The van der Waals surface area contributed by atoms with Gasteiger partial charge in [0.15, 0.2) is 0 Å². The summed E-state index contributed by atoms with van der Waals surface area (Å²) in [6, 6.07) is 19.5. The quantitative estimate of drug-likeness (QED) is 0.902. The van der Waals surface area contributed by atoms with Crippen LogP contribution in [0.25, 0.3) is 0 Å². The minimum Gasteiger partial charge on any atom is -0.335 e. The van der Waals surface area contributed by atoms with Crippen LogP contribution in [0.15, 0.2) is 54.6 Å². The number of carbonyl (C=O) groups excluding carboxylic acids is 1. The Morgan fingerprint density at radius 2 is 1.73 bits per heavy atom. The van der Waals surface area contributed by atoms with Crippen LogP contribution in [0.5, 0.6) is 0 Å². The lowest BCUT2D eigenvalue weighted by Crippen LogP contribution is -2.45. The molecule has 4 rings (SSSR count). The number of urea groups is 1. The molecule has 112 valence electrons. The molecule has 1 aliphatic heterocycles. The first-order valence-corrected chi connectivity index (χ1v) is 7.99. The fourth-order valence-corrected chi connectivity index (χ4v) is 3.23. The van der Waals surface area contributed by atoms with Crippen molar-refractivity contribution in [1.82, 2.24) is 10.2 Å². The molecule has 1 heterocycles. The van der Waals surface area contributed by atoms with E-state index in [-0.39, 0.29) is 11.9 Å². The van der Waals surface area contributed by atoms with Crippen LogP contribution in [0.4, 0.5) is 4.79 Å². The predicted molar refractivity (Wildman–Crippen MR) is 86.7 cm³/mol. The molecular formula is C19H20N2O. The molecular weight excluding hydrogens is 272 g/mol. The van der Waals surface area contributed by atoms with Gasteiger partial charge in [-0.1, -0.05) is 54.6 Å². The normalized spacial score (nSPS) is 20.4. The lowest BCUT2D eigenvalue weighted by molar-refractivity contribution is 0.188. The molecule has 0 spiro atoms. The Morgan fingerprint density at radius 1 is 1.00 bits per heavy atom. The molecule has 3 heteroatoms. The van der Waals surface area contributed by atoms with Gasteiger partial charge >= 0.3 is 6.03 Å². The molecule has 0 aromatic heterocycles. The Kier molecular flexibility index (Phi) is 3.34. The monoisotopic (exact) mass is 292 g/mol. The van der Waals surface area contributed by atoms with Crippen LogP contribution in [0.1, 0.15) is 35.4 Å². The van der Waals surface area contributed by atoms with Crippen molar-refractivity contribution >= 4 is 6.03 Å². The number of amides is 2. The number of fused-ring (bicyclic) bond motifs is 1. The number of rotatable bonds is 2. The third kappa shape index (κ3) is 2.59. The summed E-state index contributed by atoms with van der Waals surface area (Å²) >= 11 is 0. The maximum absolute atomic E-state index is 12.5. The molecule has 1 fully saturated rings. The lowest BCUT2D eigenvalue weighted by atomic mass is 9.85. The van der Waals surface area contributed by atoms with Gasteiger partial charge in [0.05, 0.1) is 0 Å². The van der Waals surface area contributed by atoms with E-state index in [9.17, 15) is 4.79 Å². The maximum Gasteiger partial charge on any atom is 0.317 e. The van der Waals surface area contributed by atoms with Crippen molar-refractivity contribution in [3.8, 4) is 0 Å². The highest BCUT2D eigenvalue weighted by Gasteiger charge is 2.31. The summed E-state index contributed by atoms with van der Waals surface area (Å²) in [6.07, 6.45) is 2.25. The molecule has 2 amide bonds. The molecule has 0 radical (unpaired) electrons. The Labute approximate surface area is 131 Å². The maximum atomic E-state index is 12.5. The fraction of sp³-hybridized carbons (Fsp3) is 0.316. The summed E-state index contributed by atoms with van der Waals surface area (Å²) in [6.45, 7) is 1.46. The van der Waals surface area contributed by atoms with E-state index in [1.54, 1.807) is 0 Å². The van der Waals surface area contributed by atoms with E-state index in [4.69, 9.17) is 0 Å². The average Bonchev–Trinajstić information content (AvgIpc) is 3.38. The van der Waals surface area contributed by atoms with Crippen molar-refractivity contribution in [1.29, 1.82) is 0 Å². The van der Waals surface area contributed by atoms with E-state index in [2.05, 4.69) is 53.8 Å². The van der Waals surface area contributed by atoms with Crippen molar-refractivity contribution < 1.29 is 4.79 Å². The van der Waals surface area contributed by atoms with E-state index >= 15 is 0 Å². The summed E-state index contributed by atoms with van der Waals surface area (Å²) < 4.78 is 0. The predicted octanol–water partition coefficient (Wildman–Crippen LogP) is 3.51. The number of benzene rings is 2. The standard InChI is InChI=1S/C19H20N2O/c22-19(20-16-10-11-16)21-12-15-8-4-5-9-17(15)18(13-21)14-6-2-1-3-7-14/h1-9,16,18H,10-13H2,(H,20,22). The van der Waals surface area contributed by atoms with Crippen LogP contribution in [-0.4, -0.2) is 23.5 Å². The van der Waals surface area contributed by atoms with Crippen molar-refractivity contribution in [3.05, 3.63) is 71.3 Å². The van der Waals surface area contributed by atoms with Crippen LogP contribution < -0.4 is 5.32 Å². The first-order chi connectivity index (χ1) is 10.8. The van der Waals surface area contributed by atoms with Crippen LogP contribution in [0, 0.1) is 0 Å². The number of hydrogen-bond acceptors (Lipinski definition) is 1. The fourth-order valence-electron chi connectivity index (χ4n) is 3.23. The van der Waals surface area contributed by atoms with Crippen LogP contribution in [0.3, 0.4) is 0 Å². The molecule has 1 N–H and O–H groups in total. The zero-order valence-electron chi connectivity index (χ0n) is 12.5. The number of hydrogen-bond donors (Lipinski definition) is 1. The Bertz CT molecular complexity index is 679. The second-order valence-electron chi connectivity index (χ2n) is 6.27. The number of carbonyl (C=O) groups is 1. The highest BCUT2D eigenvalue weighted by molar-refractivity contribution is 5.75. The molecule has 1 aliphatic carbocycles. The Hall–Kier alpha value is -2.29. The van der Waals surface area contributed by atoms with Crippen molar-refractivity contribution in [3.63, 3.8) is 0 Å². The minimum absolute atomic E-state index is 0.0814. The molecule has 1 atom stereocenters. The highest BCUT2D eigenvalue weighted by Crippen LogP contribution is 2.33. The molecule has 0 saturated heterocycles. The number of nitrogens with one attached hydrogen (secondary N) is 1. The van der Waals surface area contributed by atoms with Crippen molar-refractivity contribution in [2.45, 2.75) is 31.3 Å². The van der Waals surface area contributed by atoms with Gasteiger partial charge in [0.25, 0.3) is 0 Å². The molecule has 1 saturated carbocycles. The molecule has 22 heavy (non-hydrogen) atoms. The molecule has 1 unspecified atom stereocenters. The lowest BCUT2D eigenvalue weighted by Gasteiger charge is -2.35. The van der Waals surface area contributed by atoms with Crippen LogP contribution in [-0.2, 0) is 6.54 Å². The van der Waals surface area contributed by atoms with Gasteiger partial charge < -0.3 is 10.2 Å². The zero-order chi connectivity index (χ0) is 14.9. The highest BCUT2D eigenvalue weighted by atomic mass is 16.2. The van der Waals surface area contributed by atoms with Gasteiger partial charge in [-0.05, 0) is 29.5 Å². The van der Waals surface area contributed by atoms with Gasteiger partial charge in [0.1, 0.15) is 0 Å². The van der Waals surface area contributed by atoms with Crippen molar-refractivity contribution in [2.75, 3.05) is 6.54 Å². The van der Waals surface area contributed by atoms with Gasteiger partial charge in [-0.25, -0.2) is 4.79 Å². The Morgan fingerprint density at radius 3 is 2.50 bits per heavy atom. The van der Waals surface area contributed by atoms with Crippen LogP contribution >= 0.6 is 0 Å². The summed E-state index contributed by atoms with van der Waals surface area (Å²) in [5, 5.41) is 3.11. The van der Waals surface area contributed by atoms with E-state index in [1.807, 2.05) is 11.0 Å². The second-order valence-corrected chi connectivity index (χ2v) is 6.27. The van der Waals surface area contributed by atoms with Crippen molar-refractivity contribution in [2.24, 2.45) is 0 Å². The second kappa shape index (κ2) is 5.48. The summed E-state index contributed by atoms with van der Waals surface area (Å²) in [7, 11) is 0. The van der Waals surface area contributed by atoms with E-state index in [1.165, 1.54) is 16.7 Å². The topological polar surface area (TPSA) is 32.3 Å². The molecule has 0 bridgehead atoms. The molecule has 2 aromatic rings. The SMILES string of the molecule is O=C(NC1CC1)N1Cc2ccccc2C(c2ccccc2)C1. The van der Waals surface area contributed by atoms with Gasteiger partial charge in [0.2, 0.25) is 0 Å². The smallest absolute Gasteiger partial charge is 0.317 e. The van der Waals surface area contributed by atoms with E-state index in [0.717, 1.165) is 19.4 Å². The first-order valence-electron chi connectivity index (χ1n) is 7.99. The van der Waals surface area contributed by atoms with Gasteiger partial charge in [0, 0.05) is 25.0 Å². The zero-order valence-corrected chi connectivity index (χ0v) is 12.5. The van der Waals surface area contributed by atoms with Gasteiger partial charge in [-0.2, -0.15) is 0 Å². The summed E-state index contributed by atoms with van der Waals surface area (Å²) in [5.74, 6) is 0.260. The third-order valence-corrected chi connectivity index (χ3v) is 4.59. The first kappa shape index (κ1) is 13.4. The number of nitrogens with zero attached hydrogens (tertiary/aromatic N) is 1. The largest absolute Gasteiger partial charge is 0.335 e. The third-order valence-electron chi connectivity index (χ3n) is 4.59. The van der Waals surface area contributed by atoms with Gasteiger partial charge in [-0.3, -0.25) is 0 Å². The van der Waals surface area contributed by atoms with E-state index < -0.39 is 0 Å². The average molecular weight is 292 g/mol. The van der Waals surface area contributed by atoms with Gasteiger partial charge in [-0.15, -0.1) is 0 Å². The summed E-state index contributed by atoms with van der Waals surface area (Å²) in [5.41, 5.74) is 3.89. The van der Waals surface area contributed by atoms with Crippen LogP contribution in [0.2, 0.25) is 0 Å². The molecule has 3 nitrogen and oxygen atoms in total.